The molecule has 5 N–H and O–H groups in total. The minimum absolute atomic E-state index is 0.0842. The minimum Gasteiger partial charge on any atom is -0.392 e. The van der Waals surface area contributed by atoms with Gasteiger partial charge in [0.1, 0.15) is 17.8 Å². The third kappa shape index (κ3) is 10.1. The van der Waals surface area contributed by atoms with E-state index in [0.29, 0.717) is 96.5 Å². The van der Waals surface area contributed by atoms with Crippen LogP contribution in [0.2, 0.25) is 0 Å². The van der Waals surface area contributed by atoms with Crippen LogP contribution in [0.4, 0.5) is 34.5 Å². The summed E-state index contributed by atoms with van der Waals surface area (Å²) in [5.74, 6) is -0.320. The molecule has 3 atom stereocenters. The number of phosphoric acid groups is 1. The molecule has 4 aliphatic heterocycles. The van der Waals surface area contributed by atoms with Crippen molar-refractivity contribution in [2.75, 3.05) is 58.1 Å². The van der Waals surface area contributed by atoms with Crippen molar-refractivity contribution in [2.45, 2.75) is 129 Å². The average Bonchev–Trinajstić information content (AvgIpc) is 4.03. The van der Waals surface area contributed by atoms with Crippen LogP contribution >= 0.6 is 7.82 Å². The van der Waals surface area contributed by atoms with E-state index in [0.717, 1.165) is 56.7 Å². The van der Waals surface area contributed by atoms with Gasteiger partial charge < -0.3 is 39.9 Å². The number of amides is 4. The number of hydrogen-bond donors (Lipinski definition) is 5. The number of pyridine rings is 1. The number of piperazine rings is 1. The molecule has 3 aromatic heterocycles. The minimum atomic E-state index is -4.69. The van der Waals surface area contributed by atoms with Crippen molar-refractivity contribution in [3.05, 3.63) is 107 Å². The maximum Gasteiger partial charge on any atom is 0.470 e. The summed E-state index contributed by atoms with van der Waals surface area (Å²) in [4.78, 5) is 102. The Morgan fingerprint density at radius 1 is 0.846 bits per heavy atom. The van der Waals surface area contributed by atoms with E-state index in [1.54, 1.807) is 30.2 Å². The van der Waals surface area contributed by atoms with Gasteiger partial charge >= 0.3 is 7.82 Å². The van der Waals surface area contributed by atoms with E-state index >= 15 is 0 Å². The topological polar surface area (TPSA) is 252 Å². The van der Waals surface area contributed by atoms with Crippen LogP contribution in [0.25, 0.3) is 11.4 Å². The number of nitrogens with one attached hydrogen (secondary N) is 2. The predicted octanol–water partition coefficient (Wildman–Crippen LogP) is 6.86. The molecule has 0 spiro atoms. The molecule has 21 nitrogen and oxygen atoms in total. The summed E-state index contributed by atoms with van der Waals surface area (Å²) in [7, 11) is -4.69. The number of hydrogen-bond acceptors (Lipinski definition) is 15. The molecule has 6 aliphatic rings. The molecular weight excluding hydrogens is 1020 g/mol. The summed E-state index contributed by atoms with van der Waals surface area (Å²) in [6.07, 6.45) is 9.25. The van der Waals surface area contributed by atoms with Crippen molar-refractivity contribution in [1.82, 2.24) is 34.3 Å². The Bertz CT molecular complexity index is 3300. The summed E-state index contributed by atoms with van der Waals surface area (Å²) < 4.78 is 18.8. The number of anilines is 6. The molecule has 3 fully saturated rings. The highest BCUT2D eigenvalue weighted by atomic mass is 31.2. The lowest BCUT2D eigenvalue weighted by molar-refractivity contribution is -0.111. The Kier molecular flexibility index (Phi) is 13.9. The molecule has 7 heterocycles. The zero-order chi connectivity index (χ0) is 55.0. The molecule has 2 aliphatic carbocycles. The molecule has 410 valence electrons. The first kappa shape index (κ1) is 53.1. The Labute approximate surface area is 453 Å². The van der Waals surface area contributed by atoms with Gasteiger partial charge in [0.15, 0.2) is 5.82 Å². The van der Waals surface area contributed by atoms with Gasteiger partial charge in [-0.3, -0.25) is 38.4 Å². The number of rotatable bonds is 13. The van der Waals surface area contributed by atoms with E-state index in [1.165, 1.54) is 28.6 Å². The molecule has 1 unspecified atom stereocenters. The average molecular weight is 1080 g/mol. The van der Waals surface area contributed by atoms with Crippen molar-refractivity contribution in [2.24, 2.45) is 5.41 Å². The second-order valence-electron chi connectivity index (χ2n) is 22.9. The first-order valence-corrected chi connectivity index (χ1v) is 28.4. The maximum absolute atomic E-state index is 14.0. The van der Waals surface area contributed by atoms with Crippen LogP contribution in [0.1, 0.15) is 121 Å². The van der Waals surface area contributed by atoms with E-state index in [-0.39, 0.29) is 58.9 Å². The number of piperidine rings is 1. The van der Waals surface area contributed by atoms with E-state index < -0.39 is 20.0 Å². The standard InChI is InChI=1S/C56H67N12O9P/c1-7-48(70)61-44-26-36(60-54-59-32-58-49(62-54)40-14-18-57-50(43(40)31-69)67-23-22-66-46(53(67)73)25-35-28-55(4,5)29-47(35)66)8-11-45(44)65-21-20-63(30-34(65)3)38-15-19-64(33(2)24-38)39-9-10-41-42(27-39)52(72)68(51(41)71)37-12-16-56(6,17-13-37)77-78(74,75)76/h7-11,14,18,25-27,32-34,37-38,69H,1,12-13,15-17,19-24,28-31H2,2-6H3,(H,61,70)(H2,74,75,76)(H,58,59,60,62)/t33-,34-,37?,38?,56?/m0/s1. The molecule has 0 radical (unpaired) electrons. The number of aliphatic hydroxyl groups is 1. The molecule has 11 rings (SSSR count). The van der Waals surface area contributed by atoms with E-state index in [9.17, 15) is 38.6 Å². The second-order valence-corrected chi connectivity index (χ2v) is 24.0. The molecule has 5 aromatic rings. The van der Waals surface area contributed by atoms with E-state index in [4.69, 9.17) is 9.51 Å². The number of nitrogens with zero attached hydrogens (tertiary/aromatic N) is 10. The van der Waals surface area contributed by atoms with Crippen molar-refractivity contribution < 1.29 is 43.2 Å². The fourth-order valence-corrected chi connectivity index (χ4v) is 13.9. The van der Waals surface area contributed by atoms with E-state index in [2.05, 4.69) is 79.1 Å². The predicted molar refractivity (Wildman–Crippen MR) is 294 cm³/mol. The Balaban J connectivity index is 0.735. The number of aliphatic hydroxyl groups excluding tert-OH is 1. The van der Waals surface area contributed by atoms with Crippen LogP contribution in [0.15, 0.2) is 73.7 Å². The van der Waals surface area contributed by atoms with Crippen molar-refractivity contribution in [1.29, 1.82) is 0 Å². The van der Waals surface area contributed by atoms with Crippen LogP contribution in [-0.2, 0) is 39.9 Å². The molecule has 0 bridgehead atoms. The van der Waals surface area contributed by atoms with Crippen LogP contribution in [0.5, 0.6) is 0 Å². The monoisotopic (exact) mass is 1080 g/mol. The highest BCUT2D eigenvalue weighted by Crippen LogP contribution is 2.48. The summed E-state index contributed by atoms with van der Waals surface area (Å²) in [6.45, 7) is 17.9. The number of fused-ring (bicyclic) bond motifs is 4. The number of phosphoric ester groups is 1. The van der Waals surface area contributed by atoms with Gasteiger partial charge in [0.25, 0.3) is 17.7 Å². The Hall–Kier alpha value is -6.87. The number of benzene rings is 2. The third-order valence-corrected chi connectivity index (χ3v) is 17.5. The van der Waals surface area contributed by atoms with Gasteiger partial charge in [-0.2, -0.15) is 4.98 Å². The number of carbonyl (C=O) groups is 4. The zero-order valence-corrected chi connectivity index (χ0v) is 45.6. The first-order chi connectivity index (χ1) is 37.2. The molecule has 2 saturated heterocycles. The molecule has 2 aromatic carbocycles. The van der Waals surface area contributed by atoms with Crippen LogP contribution in [-0.4, -0.2) is 135 Å². The first-order valence-electron chi connectivity index (χ1n) is 26.9. The second kappa shape index (κ2) is 20.4. The van der Waals surface area contributed by atoms with Gasteiger partial charge in [-0.25, -0.2) is 19.5 Å². The Morgan fingerprint density at radius 3 is 2.36 bits per heavy atom. The highest BCUT2D eigenvalue weighted by Gasteiger charge is 2.46. The normalized spacial score (nSPS) is 24.3. The molecular formula is C56H67N12O9P. The largest absolute Gasteiger partial charge is 0.470 e. The van der Waals surface area contributed by atoms with Crippen LogP contribution < -0.4 is 25.3 Å². The fraction of sp³-hybridized carbons (Fsp3) is 0.464. The highest BCUT2D eigenvalue weighted by molar-refractivity contribution is 7.46. The number of carbonyl (C=O) groups excluding carboxylic acids is 4. The number of imide groups is 1. The van der Waals surface area contributed by atoms with Crippen molar-refractivity contribution in [3.8, 4) is 11.4 Å². The molecule has 1 saturated carbocycles. The molecule has 22 heteroatoms. The quantitative estimate of drug-likeness (QED) is 0.0459. The van der Waals surface area contributed by atoms with Gasteiger partial charge in [0.2, 0.25) is 11.9 Å². The molecule has 4 amide bonds. The summed E-state index contributed by atoms with van der Waals surface area (Å²) in [5.41, 5.74) is 6.85. The number of aromatic nitrogens is 5. The Morgan fingerprint density at radius 2 is 1.63 bits per heavy atom. The van der Waals surface area contributed by atoms with Gasteiger partial charge in [-0.15, -0.1) is 0 Å². The third-order valence-electron chi connectivity index (χ3n) is 16.9. The summed E-state index contributed by atoms with van der Waals surface area (Å²) >= 11 is 0. The van der Waals surface area contributed by atoms with Gasteiger partial charge in [-0.1, -0.05) is 20.4 Å². The zero-order valence-electron chi connectivity index (χ0n) is 44.7. The van der Waals surface area contributed by atoms with Gasteiger partial charge in [0, 0.05) is 97.8 Å². The van der Waals surface area contributed by atoms with Gasteiger partial charge in [0.05, 0.1) is 34.7 Å². The van der Waals surface area contributed by atoms with Crippen LogP contribution in [0, 0.1) is 5.41 Å². The SMILES string of the molecule is C=CC(=O)Nc1cc(Nc2ncnc(-c3ccnc(N4CCn5c(cc6c5CC(C)(C)C6)C4=O)c3CO)n2)ccc1N1CCN(C2CCN(c3ccc4c(c3)C(=O)N(C3CCC(C)(OP(=O)(O)O)CC3)C4=O)[C@@H](C)C2)C[C@@H]1C. The van der Waals surface area contributed by atoms with Crippen molar-refractivity contribution >= 4 is 66.0 Å². The summed E-state index contributed by atoms with van der Waals surface area (Å²) in [5, 5.41) is 17.1. The van der Waals surface area contributed by atoms with Gasteiger partial charge in [-0.05, 0) is 138 Å². The lowest BCUT2D eigenvalue weighted by Gasteiger charge is -2.48. The fourth-order valence-electron chi connectivity index (χ4n) is 13.1. The molecule has 78 heavy (non-hydrogen) atoms. The van der Waals surface area contributed by atoms with Crippen molar-refractivity contribution in [3.63, 3.8) is 0 Å². The smallest absolute Gasteiger partial charge is 0.392 e. The van der Waals surface area contributed by atoms with Crippen LogP contribution in [0.3, 0.4) is 0 Å². The van der Waals surface area contributed by atoms with E-state index in [1.807, 2.05) is 36.4 Å². The maximum atomic E-state index is 14.0. The lowest BCUT2D eigenvalue weighted by Crippen LogP contribution is -2.58. The lowest BCUT2D eigenvalue weighted by atomic mass is 9.83. The summed E-state index contributed by atoms with van der Waals surface area (Å²) in [6, 6.07) is 15.2.